The summed E-state index contributed by atoms with van der Waals surface area (Å²) in [7, 11) is 3.36. The average molecular weight is 523 g/mol. The number of ether oxygens (including phenoxy) is 2. The third-order valence-electron chi connectivity index (χ3n) is 8.79. The SMILES string of the molecule is [C-]#[N+]/C(=C(/C#N)c1ccc2c(c1)C(C)(C)c1cc(OC)ccc1-2)c1ccc2c(c1)C(C)(C)c1cc(OC)ccc1-2. The Bertz CT molecular complexity index is 1710. The molecule has 0 atom stereocenters. The van der Waals surface area contributed by atoms with E-state index >= 15 is 0 Å². The molecule has 0 heterocycles. The zero-order valence-electron chi connectivity index (χ0n) is 23.6. The molecular formula is C36H30N2O2. The van der Waals surface area contributed by atoms with E-state index in [2.05, 4.69) is 87.1 Å². The lowest BCUT2D eigenvalue weighted by Gasteiger charge is -2.23. The lowest BCUT2D eigenvalue weighted by atomic mass is 9.81. The van der Waals surface area contributed by atoms with Gasteiger partial charge in [-0.2, -0.15) is 5.26 Å². The molecule has 4 nitrogen and oxygen atoms in total. The lowest BCUT2D eigenvalue weighted by molar-refractivity contribution is 0.413. The second-order valence-corrected chi connectivity index (χ2v) is 11.5. The Balaban J connectivity index is 1.48. The fourth-order valence-electron chi connectivity index (χ4n) is 6.51. The van der Waals surface area contributed by atoms with Crippen LogP contribution in [-0.2, 0) is 10.8 Å². The van der Waals surface area contributed by atoms with Crippen LogP contribution in [0.15, 0.2) is 72.8 Å². The summed E-state index contributed by atoms with van der Waals surface area (Å²) in [5.41, 5.74) is 11.1. The number of fused-ring (bicyclic) bond motifs is 6. The van der Waals surface area contributed by atoms with Gasteiger partial charge in [0.15, 0.2) is 0 Å². The van der Waals surface area contributed by atoms with Gasteiger partial charge in [-0.25, -0.2) is 4.85 Å². The maximum absolute atomic E-state index is 10.4. The van der Waals surface area contributed by atoms with Gasteiger partial charge in [-0.1, -0.05) is 76.2 Å². The van der Waals surface area contributed by atoms with Crippen molar-refractivity contribution >= 4 is 11.3 Å². The Kier molecular flexibility index (Phi) is 5.65. The van der Waals surface area contributed by atoms with E-state index in [-0.39, 0.29) is 10.8 Å². The largest absolute Gasteiger partial charge is 0.497 e. The maximum atomic E-state index is 10.4. The fraction of sp³-hybridized carbons (Fsp3) is 0.222. The highest BCUT2D eigenvalue weighted by molar-refractivity contribution is 6.01. The van der Waals surface area contributed by atoms with Crippen LogP contribution in [0, 0.1) is 17.9 Å². The molecule has 0 fully saturated rings. The first-order valence-electron chi connectivity index (χ1n) is 13.3. The minimum atomic E-state index is -0.265. The summed E-state index contributed by atoms with van der Waals surface area (Å²) in [6.45, 7) is 16.9. The van der Waals surface area contributed by atoms with Gasteiger partial charge in [-0.15, -0.1) is 0 Å². The highest BCUT2D eigenvalue weighted by atomic mass is 16.5. The van der Waals surface area contributed by atoms with Crippen molar-refractivity contribution in [3.05, 3.63) is 118 Å². The van der Waals surface area contributed by atoms with Crippen LogP contribution in [0.3, 0.4) is 0 Å². The van der Waals surface area contributed by atoms with Gasteiger partial charge < -0.3 is 9.47 Å². The van der Waals surface area contributed by atoms with Crippen LogP contribution in [0.1, 0.15) is 61.1 Å². The molecule has 0 saturated carbocycles. The zero-order chi connectivity index (χ0) is 28.4. The van der Waals surface area contributed by atoms with Crippen LogP contribution in [0.2, 0.25) is 0 Å². The predicted molar refractivity (Wildman–Crippen MR) is 160 cm³/mol. The molecule has 6 rings (SSSR count). The first kappa shape index (κ1) is 25.5. The van der Waals surface area contributed by atoms with Crippen LogP contribution in [0.5, 0.6) is 11.5 Å². The third-order valence-corrected chi connectivity index (χ3v) is 8.79. The molecule has 40 heavy (non-hydrogen) atoms. The third kappa shape index (κ3) is 3.50. The number of nitrogens with zero attached hydrogens (tertiary/aromatic N) is 2. The summed E-state index contributed by atoms with van der Waals surface area (Å²) in [4.78, 5) is 3.92. The molecule has 0 amide bonds. The van der Waals surface area contributed by atoms with Crippen molar-refractivity contribution < 1.29 is 9.47 Å². The first-order chi connectivity index (χ1) is 19.1. The number of methoxy groups -OCH3 is 2. The molecule has 0 bridgehead atoms. The average Bonchev–Trinajstić information content (AvgIpc) is 3.33. The van der Waals surface area contributed by atoms with E-state index in [9.17, 15) is 5.26 Å². The van der Waals surface area contributed by atoms with Gasteiger partial charge in [-0.3, -0.25) is 0 Å². The second kappa shape index (κ2) is 8.87. The molecule has 2 aliphatic carbocycles. The molecule has 0 unspecified atom stereocenters. The molecule has 0 radical (unpaired) electrons. The molecule has 0 saturated heterocycles. The molecule has 0 N–H and O–H groups in total. The molecule has 2 aliphatic rings. The minimum absolute atomic E-state index is 0.264. The van der Waals surface area contributed by atoms with Crippen LogP contribution < -0.4 is 9.47 Å². The number of hydrogen-bond donors (Lipinski definition) is 0. The van der Waals surface area contributed by atoms with E-state index in [1.807, 2.05) is 24.3 Å². The lowest BCUT2D eigenvalue weighted by Crippen LogP contribution is -2.15. The Morgan fingerprint density at radius 3 is 1.48 bits per heavy atom. The Morgan fingerprint density at radius 2 is 1.05 bits per heavy atom. The quantitative estimate of drug-likeness (QED) is 0.153. The standard InChI is InChI=1S/C36H30N2O2/c1-35(2)30-16-21(8-12-25(30)27-14-10-23(39-6)18-32(27)35)29(20-37)34(38-5)22-9-13-26-28-15-11-24(40-7)19-33(28)36(3,4)31(26)17-22/h8-19H,1-4,6-7H3/b34-29-. The number of benzene rings is 4. The van der Waals surface area contributed by atoms with Gasteiger partial charge in [-0.05, 0) is 79.9 Å². The number of rotatable bonds is 4. The Morgan fingerprint density at radius 1 is 0.650 bits per heavy atom. The highest BCUT2D eigenvalue weighted by Gasteiger charge is 2.37. The van der Waals surface area contributed by atoms with Gasteiger partial charge in [0.1, 0.15) is 11.5 Å². The highest BCUT2D eigenvalue weighted by Crippen LogP contribution is 2.52. The van der Waals surface area contributed by atoms with E-state index in [1.54, 1.807) is 14.2 Å². The Hall–Kier alpha value is -4.80. The first-order valence-corrected chi connectivity index (χ1v) is 13.3. The topological polar surface area (TPSA) is 46.6 Å². The number of allylic oxidation sites excluding steroid dienone is 1. The van der Waals surface area contributed by atoms with E-state index in [0.29, 0.717) is 11.3 Å². The number of hydrogen-bond acceptors (Lipinski definition) is 3. The summed E-state index contributed by atoms with van der Waals surface area (Å²) in [6, 6.07) is 27.0. The fourth-order valence-corrected chi connectivity index (χ4v) is 6.51. The van der Waals surface area contributed by atoms with Crippen LogP contribution in [-0.4, -0.2) is 14.2 Å². The summed E-state index contributed by atoms with van der Waals surface area (Å²) >= 11 is 0. The smallest absolute Gasteiger partial charge is 0.212 e. The van der Waals surface area contributed by atoms with Crippen molar-refractivity contribution in [2.45, 2.75) is 38.5 Å². The van der Waals surface area contributed by atoms with E-state index in [1.165, 1.54) is 22.3 Å². The summed E-state index contributed by atoms with van der Waals surface area (Å²) < 4.78 is 11.0. The molecule has 4 heteroatoms. The van der Waals surface area contributed by atoms with Crippen molar-refractivity contribution in [2.75, 3.05) is 14.2 Å². The molecule has 0 spiro atoms. The van der Waals surface area contributed by atoms with Crippen molar-refractivity contribution in [3.8, 4) is 39.8 Å². The van der Waals surface area contributed by atoms with Crippen molar-refractivity contribution in [3.63, 3.8) is 0 Å². The maximum Gasteiger partial charge on any atom is 0.212 e. The summed E-state index contributed by atoms with van der Waals surface area (Å²) in [5.74, 6) is 1.65. The van der Waals surface area contributed by atoms with Gasteiger partial charge in [0.2, 0.25) is 5.70 Å². The molecule has 0 aliphatic heterocycles. The molecular weight excluding hydrogens is 492 g/mol. The van der Waals surface area contributed by atoms with Gasteiger partial charge >= 0.3 is 0 Å². The van der Waals surface area contributed by atoms with E-state index in [4.69, 9.17) is 16.0 Å². The van der Waals surface area contributed by atoms with Gasteiger partial charge in [0, 0.05) is 10.8 Å². The summed E-state index contributed by atoms with van der Waals surface area (Å²) in [5, 5.41) is 10.4. The second-order valence-electron chi connectivity index (χ2n) is 11.5. The van der Waals surface area contributed by atoms with E-state index in [0.717, 1.165) is 44.9 Å². The molecule has 4 aromatic rings. The molecule has 196 valence electrons. The molecule has 0 aromatic heterocycles. The van der Waals surface area contributed by atoms with Gasteiger partial charge in [0.05, 0.1) is 32.4 Å². The normalized spacial score (nSPS) is 15.5. The van der Waals surface area contributed by atoms with Gasteiger partial charge in [0.25, 0.3) is 0 Å². The van der Waals surface area contributed by atoms with Crippen molar-refractivity contribution in [2.24, 2.45) is 0 Å². The van der Waals surface area contributed by atoms with Crippen molar-refractivity contribution in [1.29, 1.82) is 5.26 Å². The zero-order valence-corrected chi connectivity index (χ0v) is 23.6. The summed E-state index contributed by atoms with van der Waals surface area (Å²) in [6.07, 6.45) is 0. The van der Waals surface area contributed by atoms with Crippen LogP contribution >= 0.6 is 0 Å². The monoisotopic (exact) mass is 522 g/mol. The molecule has 4 aromatic carbocycles. The minimum Gasteiger partial charge on any atom is -0.497 e. The van der Waals surface area contributed by atoms with Crippen molar-refractivity contribution in [1.82, 2.24) is 0 Å². The number of nitriles is 1. The Labute approximate surface area is 236 Å². The van der Waals surface area contributed by atoms with E-state index < -0.39 is 0 Å². The predicted octanol–water partition coefficient (Wildman–Crippen LogP) is 8.63. The van der Waals surface area contributed by atoms with Crippen LogP contribution in [0.25, 0.3) is 38.4 Å². The van der Waals surface area contributed by atoms with Crippen LogP contribution in [0.4, 0.5) is 0 Å².